The summed E-state index contributed by atoms with van der Waals surface area (Å²) < 4.78 is 7.37. The zero-order valence-electron chi connectivity index (χ0n) is 38.1. The van der Waals surface area contributed by atoms with Gasteiger partial charge in [-0.25, -0.2) is 9.48 Å². The first-order valence-corrected chi connectivity index (χ1v) is 23.4. The number of aromatic nitrogens is 4. The van der Waals surface area contributed by atoms with E-state index < -0.39 is 34.9 Å². The Hall–Kier alpha value is -7.05. The maximum atomic E-state index is 15.4. The average Bonchev–Trinajstić information content (AvgIpc) is 3.73. The molecule has 7 aromatic rings. The van der Waals surface area contributed by atoms with E-state index in [0.29, 0.717) is 29.8 Å². The van der Waals surface area contributed by atoms with Crippen LogP contribution in [0.3, 0.4) is 0 Å². The molecule has 1 aliphatic rings. The number of benzene rings is 6. The van der Waals surface area contributed by atoms with Crippen molar-refractivity contribution in [1.82, 2.24) is 30.8 Å². The minimum Gasteiger partial charge on any atom is -0.444 e. The highest BCUT2D eigenvalue weighted by Crippen LogP contribution is 2.44. The molecule has 0 aliphatic carbocycles. The number of carbonyl (C=O) groups is 3. The minimum atomic E-state index is -1.04. The van der Waals surface area contributed by atoms with Crippen LogP contribution in [0.1, 0.15) is 80.1 Å². The molecule has 0 saturated carbocycles. The van der Waals surface area contributed by atoms with Gasteiger partial charge in [-0.05, 0) is 122 Å². The Morgan fingerprint density at radius 1 is 0.742 bits per heavy atom. The van der Waals surface area contributed by atoms with Crippen molar-refractivity contribution in [3.63, 3.8) is 0 Å². The third-order valence-corrected chi connectivity index (χ3v) is 12.5. The number of carbonyl (C=O) groups excluding carboxylic acids is 3. The van der Waals surface area contributed by atoms with E-state index in [1.807, 2.05) is 126 Å². The number of amides is 2. The van der Waals surface area contributed by atoms with E-state index >= 15 is 4.79 Å². The Morgan fingerprint density at radius 3 is 1.91 bits per heavy atom. The molecule has 1 aliphatic heterocycles. The molecular weight excluding hydrogens is 843 g/mol. The highest BCUT2D eigenvalue weighted by atomic mass is 32.2. The van der Waals surface area contributed by atoms with E-state index in [4.69, 9.17) is 15.0 Å². The van der Waals surface area contributed by atoms with Gasteiger partial charge < -0.3 is 20.7 Å². The summed E-state index contributed by atoms with van der Waals surface area (Å²) in [5.41, 5.74) is 4.85. The van der Waals surface area contributed by atoms with Crippen LogP contribution in [0.25, 0.3) is 22.5 Å². The number of hydrogen-bond donors (Lipinski definition) is 3. The SMILES string of the molecule is CSc1ccc2c(c1)CCC(NC(=O)CC(C)(C)NC(=O)OC(C)(C)C)C(C(=O)c1ccc(-c3ccccc3)c(-c3nnnn3C(c3ccccc3)(c3ccccc3)c3ccccc3)c1)N2. The minimum absolute atomic E-state index is 0.0439. The fourth-order valence-electron chi connectivity index (χ4n) is 8.89. The van der Waals surface area contributed by atoms with E-state index in [1.165, 1.54) is 0 Å². The van der Waals surface area contributed by atoms with Crippen molar-refractivity contribution in [2.45, 2.75) is 87.5 Å². The Bertz CT molecular complexity index is 2710. The summed E-state index contributed by atoms with van der Waals surface area (Å²) in [5, 5.41) is 23.6. The van der Waals surface area contributed by atoms with E-state index in [2.05, 4.69) is 63.6 Å². The standard InChI is InChI=1S/C54H55N7O4S/c1-52(2,3)65-51(64)57-53(4,5)35-47(62)55-46-31-28-37-33-42(66-6)29-32-45(37)56-48(46)49(63)38-27-30-43(36-19-11-7-12-20-36)44(34-38)50-58-59-60-61(50)54(39-21-13-8-14-22-39,40-23-15-9-16-24-40)41-25-17-10-18-26-41/h7-27,29-30,32-34,46,48,56H,28,31,35H2,1-6H3,(H,55,62)(H,57,64). The molecule has 2 atom stereocenters. The van der Waals surface area contributed by atoms with Crippen LogP contribution in [0, 0.1) is 0 Å². The summed E-state index contributed by atoms with van der Waals surface area (Å²) in [7, 11) is 0. The summed E-state index contributed by atoms with van der Waals surface area (Å²) in [5.74, 6) is -0.0725. The van der Waals surface area contributed by atoms with Gasteiger partial charge in [0.05, 0.1) is 6.04 Å². The van der Waals surface area contributed by atoms with Gasteiger partial charge in [0.2, 0.25) is 5.91 Å². The molecular formula is C54H55N7O4S. The molecule has 8 rings (SSSR count). The zero-order chi connectivity index (χ0) is 46.5. The number of alkyl carbamates (subject to hydrolysis) is 1. The number of aryl methyl sites for hydroxylation is 1. The first kappa shape index (κ1) is 45.5. The number of fused-ring (bicyclic) bond motifs is 1. The predicted octanol–water partition coefficient (Wildman–Crippen LogP) is 10.4. The predicted molar refractivity (Wildman–Crippen MR) is 262 cm³/mol. The second kappa shape index (κ2) is 19.2. The van der Waals surface area contributed by atoms with E-state index in [0.717, 1.165) is 44.0 Å². The number of nitrogens with zero attached hydrogens (tertiary/aromatic N) is 4. The van der Waals surface area contributed by atoms with Crippen molar-refractivity contribution in [1.29, 1.82) is 0 Å². The molecule has 0 saturated heterocycles. The van der Waals surface area contributed by atoms with Crippen LogP contribution in [0.4, 0.5) is 10.5 Å². The summed E-state index contributed by atoms with van der Waals surface area (Å²) in [6.45, 7) is 8.91. The van der Waals surface area contributed by atoms with Crippen molar-refractivity contribution in [2.75, 3.05) is 11.6 Å². The van der Waals surface area contributed by atoms with Gasteiger partial charge in [0, 0.05) is 33.7 Å². The Kier molecular flexibility index (Phi) is 13.2. The molecule has 0 radical (unpaired) electrons. The van der Waals surface area contributed by atoms with Gasteiger partial charge >= 0.3 is 6.09 Å². The van der Waals surface area contributed by atoms with Crippen LogP contribution < -0.4 is 16.0 Å². The van der Waals surface area contributed by atoms with Gasteiger partial charge in [-0.15, -0.1) is 16.9 Å². The van der Waals surface area contributed by atoms with Gasteiger partial charge in [0.25, 0.3) is 0 Å². The van der Waals surface area contributed by atoms with Gasteiger partial charge in [0.1, 0.15) is 17.2 Å². The fourth-order valence-corrected chi connectivity index (χ4v) is 9.36. The van der Waals surface area contributed by atoms with Crippen LogP contribution in [0.15, 0.2) is 163 Å². The molecule has 6 aromatic carbocycles. The summed E-state index contributed by atoms with van der Waals surface area (Å²) >= 11 is 1.65. The van der Waals surface area contributed by atoms with Gasteiger partial charge in [0.15, 0.2) is 11.6 Å². The lowest BCUT2D eigenvalue weighted by atomic mass is 9.76. The van der Waals surface area contributed by atoms with Crippen molar-refractivity contribution < 1.29 is 19.1 Å². The first-order chi connectivity index (χ1) is 31.8. The average molecular weight is 898 g/mol. The monoisotopic (exact) mass is 897 g/mol. The normalized spacial score (nSPS) is 15.1. The maximum absolute atomic E-state index is 15.4. The zero-order valence-corrected chi connectivity index (χ0v) is 38.9. The molecule has 3 N–H and O–H groups in total. The van der Waals surface area contributed by atoms with Crippen molar-refractivity contribution in [3.8, 4) is 22.5 Å². The molecule has 2 heterocycles. The van der Waals surface area contributed by atoms with Crippen LogP contribution >= 0.6 is 11.8 Å². The largest absolute Gasteiger partial charge is 0.444 e. The topological polar surface area (TPSA) is 140 Å². The second-order valence-electron chi connectivity index (χ2n) is 18.3. The molecule has 0 spiro atoms. The molecule has 1 aromatic heterocycles. The number of nitrogens with one attached hydrogen (secondary N) is 3. The molecule has 11 nitrogen and oxygen atoms in total. The molecule has 2 unspecified atom stereocenters. The third kappa shape index (κ3) is 9.79. The number of hydrogen-bond acceptors (Lipinski definition) is 9. The van der Waals surface area contributed by atoms with Crippen molar-refractivity contribution in [2.24, 2.45) is 0 Å². The van der Waals surface area contributed by atoms with Crippen LogP contribution in [0.2, 0.25) is 0 Å². The number of ether oxygens (including phenoxy) is 1. The van der Waals surface area contributed by atoms with Gasteiger partial charge in [-0.1, -0.05) is 133 Å². The molecule has 66 heavy (non-hydrogen) atoms. The van der Waals surface area contributed by atoms with Crippen LogP contribution in [-0.2, 0) is 21.5 Å². The van der Waals surface area contributed by atoms with E-state index in [-0.39, 0.29) is 18.1 Å². The van der Waals surface area contributed by atoms with Gasteiger partial charge in [-0.3, -0.25) is 9.59 Å². The van der Waals surface area contributed by atoms with Crippen LogP contribution in [-0.4, -0.2) is 67.5 Å². The summed E-state index contributed by atoms with van der Waals surface area (Å²) in [6.07, 6.45) is 2.49. The smallest absolute Gasteiger partial charge is 0.408 e. The number of rotatable bonds is 13. The number of Topliss-reactive ketones (excluding diaryl/α,β-unsaturated/α-hetero) is 1. The second-order valence-corrected chi connectivity index (χ2v) is 19.1. The highest BCUT2D eigenvalue weighted by molar-refractivity contribution is 7.98. The first-order valence-electron chi connectivity index (χ1n) is 22.2. The molecule has 2 amide bonds. The number of anilines is 1. The quantitative estimate of drug-likeness (QED) is 0.0586. The number of tetrazole rings is 1. The summed E-state index contributed by atoms with van der Waals surface area (Å²) in [6, 6.07) is 51.0. The van der Waals surface area contributed by atoms with E-state index in [1.54, 1.807) is 46.4 Å². The lowest BCUT2D eigenvalue weighted by Crippen LogP contribution is -2.53. The fraction of sp³-hybridized carbons (Fsp3) is 0.259. The Labute approximate surface area is 390 Å². The van der Waals surface area contributed by atoms with Crippen LogP contribution in [0.5, 0.6) is 0 Å². The Morgan fingerprint density at radius 2 is 1.33 bits per heavy atom. The number of thioether (sulfide) groups is 1. The third-order valence-electron chi connectivity index (χ3n) is 11.8. The molecule has 0 fully saturated rings. The number of ketones is 1. The molecule has 12 heteroatoms. The van der Waals surface area contributed by atoms with Crippen molar-refractivity contribution >= 4 is 35.2 Å². The molecule has 0 bridgehead atoms. The Balaban J connectivity index is 1.24. The molecule has 336 valence electrons. The van der Waals surface area contributed by atoms with E-state index in [9.17, 15) is 9.59 Å². The maximum Gasteiger partial charge on any atom is 0.408 e. The van der Waals surface area contributed by atoms with Crippen molar-refractivity contribution in [3.05, 3.63) is 186 Å². The highest BCUT2D eigenvalue weighted by Gasteiger charge is 2.43. The van der Waals surface area contributed by atoms with Gasteiger partial charge in [-0.2, -0.15) is 0 Å². The summed E-state index contributed by atoms with van der Waals surface area (Å²) in [4.78, 5) is 43.3. The lowest BCUT2D eigenvalue weighted by molar-refractivity contribution is -0.123. The lowest BCUT2D eigenvalue weighted by Gasteiger charge is -2.36.